The lowest BCUT2D eigenvalue weighted by Crippen LogP contribution is -2.36. The van der Waals surface area contributed by atoms with E-state index in [0.717, 1.165) is 0 Å². The summed E-state index contributed by atoms with van der Waals surface area (Å²) in [6.07, 6.45) is -5.85. The Hall–Kier alpha value is -0.580. The normalized spacial score (nSPS) is 18.1. The van der Waals surface area contributed by atoms with Gasteiger partial charge < -0.3 is 0 Å². The van der Waals surface area contributed by atoms with Gasteiger partial charge in [-0.25, -0.2) is 4.39 Å². The van der Waals surface area contributed by atoms with Gasteiger partial charge in [0.25, 0.3) is 0 Å². The monoisotopic (exact) mass is 157 g/mol. The summed E-state index contributed by atoms with van der Waals surface area (Å²) in [4.78, 5) is 0. The van der Waals surface area contributed by atoms with Gasteiger partial charge in [0.15, 0.2) is 5.79 Å². The van der Waals surface area contributed by atoms with Crippen LogP contribution in [0.3, 0.4) is 0 Å². The summed E-state index contributed by atoms with van der Waals surface area (Å²) < 4.78 is 46.4. The predicted octanol–water partition coefficient (Wildman–Crippen LogP) is 1.75. The Balaban J connectivity index is 4.01. The Kier molecular flexibility index (Phi) is 2.42. The molecule has 0 heterocycles. The molecular formula is C5H7F4N. The summed E-state index contributed by atoms with van der Waals surface area (Å²) in [5.41, 5.74) is 4.50. The maximum absolute atomic E-state index is 12.3. The van der Waals surface area contributed by atoms with E-state index in [1.54, 1.807) is 0 Å². The molecule has 1 unspecified atom stereocenters. The largest absolute Gasteiger partial charge is 0.393 e. The summed E-state index contributed by atoms with van der Waals surface area (Å²) in [5, 5.41) is 0. The molecule has 0 bridgehead atoms. The zero-order valence-corrected chi connectivity index (χ0v) is 5.08. The van der Waals surface area contributed by atoms with Gasteiger partial charge >= 0.3 is 6.18 Å². The fraction of sp³-hybridized carbons (Fsp3) is 0.600. The van der Waals surface area contributed by atoms with E-state index >= 15 is 0 Å². The van der Waals surface area contributed by atoms with Crippen molar-refractivity contribution in [2.45, 2.75) is 18.4 Å². The Morgan fingerprint density at radius 2 is 1.70 bits per heavy atom. The van der Waals surface area contributed by atoms with Crippen LogP contribution in [-0.4, -0.2) is 12.0 Å². The van der Waals surface area contributed by atoms with Crippen molar-refractivity contribution in [3.63, 3.8) is 0 Å². The first-order valence-corrected chi connectivity index (χ1v) is 2.45. The van der Waals surface area contributed by atoms with Crippen LogP contribution in [0.15, 0.2) is 12.7 Å². The molecule has 0 spiro atoms. The number of alkyl halides is 4. The van der Waals surface area contributed by atoms with Crippen LogP contribution in [0.2, 0.25) is 0 Å². The molecule has 0 aliphatic rings. The molecule has 5 heteroatoms. The maximum Gasteiger partial charge on any atom is 0.393 e. The van der Waals surface area contributed by atoms with E-state index in [1.807, 2.05) is 0 Å². The molecule has 0 aliphatic carbocycles. The average molecular weight is 157 g/mol. The molecule has 0 saturated heterocycles. The van der Waals surface area contributed by atoms with Crippen molar-refractivity contribution in [3.05, 3.63) is 12.7 Å². The molecule has 1 nitrogen and oxygen atoms in total. The highest BCUT2D eigenvalue weighted by molar-refractivity contribution is 4.92. The van der Waals surface area contributed by atoms with Gasteiger partial charge in [-0.2, -0.15) is 13.2 Å². The quantitative estimate of drug-likeness (QED) is 0.369. The molecule has 0 fully saturated rings. The van der Waals surface area contributed by atoms with E-state index in [-0.39, 0.29) is 0 Å². The second kappa shape index (κ2) is 2.57. The smallest absolute Gasteiger partial charge is 0.296 e. The zero-order valence-electron chi connectivity index (χ0n) is 5.08. The van der Waals surface area contributed by atoms with Crippen LogP contribution >= 0.6 is 0 Å². The highest BCUT2D eigenvalue weighted by Crippen LogP contribution is 2.27. The van der Waals surface area contributed by atoms with Gasteiger partial charge in [0.05, 0.1) is 6.42 Å². The van der Waals surface area contributed by atoms with E-state index in [1.165, 1.54) is 0 Å². The van der Waals surface area contributed by atoms with Gasteiger partial charge in [0, 0.05) is 0 Å². The molecule has 0 rings (SSSR count). The van der Waals surface area contributed by atoms with E-state index in [0.29, 0.717) is 6.08 Å². The van der Waals surface area contributed by atoms with Crippen LogP contribution in [0.4, 0.5) is 17.6 Å². The van der Waals surface area contributed by atoms with E-state index in [2.05, 4.69) is 12.3 Å². The minimum absolute atomic E-state index is 0.431. The van der Waals surface area contributed by atoms with E-state index in [9.17, 15) is 17.6 Å². The molecule has 0 aromatic heterocycles. The van der Waals surface area contributed by atoms with Crippen molar-refractivity contribution in [1.82, 2.24) is 0 Å². The minimum Gasteiger partial charge on any atom is -0.296 e. The topological polar surface area (TPSA) is 26.0 Å². The number of hydrogen-bond acceptors (Lipinski definition) is 1. The van der Waals surface area contributed by atoms with Gasteiger partial charge in [-0.3, -0.25) is 5.73 Å². The highest BCUT2D eigenvalue weighted by atomic mass is 19.4. The SMILES string of the molecule is C=CC(N)(F)CC(F)(F)F. The second-order valence-corrected chi connectivity index (χ2v) is 1.92. The standard InChI is InChI=1S/C5H7F4N/c1-2-4(6,10)3-5(7,8)9/h2H,1,3,10H2. The lowest BCUT2D eigenvalue weighted by Gasteiger charge is -2.16. The van der Waals surface area contributed by atoms with Gasteiger partial charge in [-0.1, -0.05) is 6.58 Å². The molecule has 0 aliphatic heterocycles. The van der Waals surface area contributed by atoms with Gasteiger partial charge in [-0.15, -0.1) is 0 Å². The van der Waals surface area contributed by atoms with Gasteiger partial charge in [0.1, 0.15) is 0 Å². The van der Waals surface area contributed by atoms with Crippen molar-refractivity contribution in [2.24, 2.45) is 5.73 Å². The van der Waals surface area contributed by atoms with Crippen LogP contribution in [0.1, 0.15) is 6.42 Å². The molecule has 60 valence electrons. The molecule has 10 heavy (non-hydrogen) atoms. The molecular weight excluding hydrogens is 150 g/mol. The summed E-state index contributed by atoms with van der Waals surface area (Å²) in [6.45, 7) is 2.82. The molecule has 0 aromatic carbocycles. The van der Waals surface area contributed by atoms with E-state index < -0.39 is 18.4 Å². The summed E-state index contributed by atoms with van der Waals surface area (Å²) in [7, 11) is 0. The molecule has 0 radical (unpaired) electrons. The Morgan fingerprint density at radius 3 is 1.80 bits per heavy atom. The molecule has 0 amide bonds. The Labute approximate surface area is 55.5 Å². The summed E-state index contributed by atoms with van der Waals surface area (Å²) in [5.74, 6) is -2.84. The third-order valence-corrected chi connectivity index (χ3v) is 0.811. The first kappa shape index (κ1) is 9.42. The fourth-order valence-electron chi connectivity index (χ4n) is 0.379. The minimum atomic E-state index is -4.59. The van der Waals surface area contributed by atoms with Crippen molar-refractivity contribution in [1.29, 1.82) is 0 Å². The third kappa shape index (κ3) is 4.31. The highest BCUT2D eigenvalue weighted by Gasteiger charge is 2.38. The molecule has 0 saturated carbocycles. The first-order chi connectivity index (χ1) is 4.27. The number of hydrogen-bond donors (Lipinski definition) is 1. The Morgan fingerprint density at radius 1 is 1.30 bits per heavy atom. The fourth-order valence-corrected chi connectivity index (χ4v) is 0.379. The van der Waals surface area contributed by atoms with Crippen molar-refractivity contribution < 1.29 is 17.6 Å². The van der Waals surface area contributed by atoms with Crippen LogP contribution in [0, 0.1) is 0 Å². The lowest BCUT2D eigenvalue weighted by atomic mass is 10.2. The number of nitrogens with two attached hydrogens (primary N) is 1. The predicted molar refractivity (Wildman–Crippen MR) is 28.9 cm³/mol. The summed E-state index contributed by atoms with van der Waals surface area (Å²) >= 11 is 0. The lowest BCUT2D eigenvalue weighted by molar-refractivity contribution is -0.154. The number of rotatable bonds is 2. The van der Waals surface area contributed by atoms with Crippen LogP contribution in [-0.2, 0) is 0 Å². The van der Waals surface area contributed by atoms with Crippen molar-refractivity contribution in [3.8, 4) is 0 Å². The molecule has 2 N–H and O–H groups in total. The van der Waals surface area contributed by atoms with Gasteiger partial charge in [0.2, 0.25) is 0 Å². The average Bonchev–Trinajstić information content (AvgIpc) is 1.60. The van der Waals surface area contributed by atoms with Gasteiger partial charge in [-0.05, 0) is 6.08 Å². The van der Waals surface area contributed by atoms with Crippen LogP contribution < -0.4 is 5.73 Å². The molecule has 0 aromatic rings. The molecule has 1 atom stereocenters. The number of halogens is 4. The van der Waals surface area contributed by atoms with Crippen molar-refractivity contribution in [2.75, 3.05) is 0 Å². The summed E-state index contributed by atoms with van der Waals surface area (Å²) in [6, 6.07) is 0. The van der Waals surface area contributed by atoms with E-state index in [4.69, 9.17) is 0 Å². The second-order valence-electron chi connectivity index (χ2n) is 1.92. The zero-order chi connectivity index (χ0) is 8.41. The maximum atomic E-state index is 12.3. The van der Waals surface area contributed by atoms with Crippen LogP contribution in [0.5, 0.6) is 0 Å². The first-order valence-electron chi connectivity index (χ1n) is 2.45. The van der Waals surface area contributed by atoms with Crippen molar-refractivity contribution >= 4 is 0 Å². The Bertz CT molecular complexity index is 126. The van der Waals surface area contributed by atoms with Crippen LogP contribution in [0.25, 0.3) is 0 Å². The third-order valence-electron chi connectivity index (χ3n) is 0.811.